The third-order valence-electron chi connectivity index (χ3n) is 3.76. The first-order valence-electron chi connectivity index (χ1n) is 8.09. The zero-order valence-corrected chi connectivity index (χ0v) is 14.3. The number of nitrogens with one attached hydrogen (secondary N) is 2. The van der Waals surface area contributed by atoms with Gasteiger partial charge in [0.1, 0.15) is 17.3 Å². The normalized spacial score (nSPS) is 10.6. The van der Waals surface area contributed by atoms with Crippen molar-refractivity contribution in [1.29, 1.82) is 0 Å². The highest BCUT2D eigenvalue weighted by atomic mass is 19.1. The summed E-state index contributed by atoms with van der Waals surface area (Å²) in [5.74, 6) is 1.52. The Bertz CT molecular complexity index is 635. The Morgan fingerprint density at radius 2 is 1.75 bits per heavy atom. The highest BCUT2D eigenvalue weighted by Crippen LogP contribution is 2.23. The Kier molecular flexibility index (Phi) is 7.52. The van der Waals surface area contributed by atoms with Crippen molar-refractivity contribution in [3.63, 3.8) is 0 Å². The molecule has 0 heterocycles. The second kappa shape index (κ2) is 9.90. The lowest BCUT2D eigenvalue weighted by Crippen LogP contribution is -2.28. The van der Waals surface area contributed by atoms with E-state index in [2.05, 4.69) is 10.6 Å². The zero-order valence-electron chi connectivity index (χ0n) is 14.3. The molecule has 2 N–H and O–H groups in total. The van der Waals surface area contributed by atoms with Crippen LogP contribution >= 0.6 is 0 Å². The Labute approximate surface area is 143 Å². The monoisotopic (exact) mass is 332 g/mol. The van der Waals surface area contributed by atoms with Gasteiger partial charge < -0.3 is 20.1 Å². The fourth-order valence-corrected chi connectivity index (χ4v) is 2.48. The minimum absolute atomic E-state index is 0.195. The Hall–Kier alpha value is -2.11. The van der Waals surface area contributed by atoms with E-state index in [0.717, 1.165) is 48.7 Å². The Balaban J connectivity index is 1.64. The van der Waals surface area contributed by atoms with E-state index in [1.807, 2.05) is 24.3 Å². The molecule has 2 rings (SSSR count). The molecule has 0 aromatic heterocycles. The topological polar surface area (TPSA) is 42.5 Å². The molecule has 130 valence electrons. The Morgan fingerprint density at radius 3 is 2.50 bits per heavy atom. The molecule has 0 spiro atoms. The van der Waals surface area contributed by atoms with Gasteiger partial charge in [-0.05, 0) is 54.4 Å². The molecule has 0 saturated heterocycles. The van der Waals surface area contributed by atoms with Gasteiger partial charge in [0, 0.05) is 19.6 Å². The van der Waals surface area contributed by atoms with E-state index in [1.54, 1.807) is 26.4 Å². The summed E-state index contributed by atoms with van der Waals surface area (Å²) in [7, 11) is 3.34. The molecule has 4 nitrogen and oxygen atoms in total. The van der Waals surface area contributed by atoms with Crippen molar-refractivity contribution < 1.29 is 13.9 Å². The SMILES string of the molecule is COc1ccc(OC)c(CCNCCNCc2cccc(F)c2)c1. The quantitative estimate of drug-likeness (QED) is 0.657. The van der Waals surface area contributed by atoms with Crippen molar-refractivity contribution in [3.8, 4) is 11.5 Å². The lowest BCUT2D eigenvalue weighted by Gasteiger charge is -2.11. The number of halogens is 1. The van der Waals surface area contributed by atoms with Crippen molar-refractivity contribution in [2.45, 2.75) is 13.0 Å². The molecule has 5 heteroatoms. The maximum absolute atomic E-state index is 13.1. The van der Waals surface area contributed by atoms with E-state index in [-0.39, 0.29) is 5.82 Å². The van der Waals surface area contributed by atoms with Crippen LogP contribution in [-0.4, -0.2) is 33.9 Å². The van der Waals surface area contributed by atoms with Gasteiger partial charge in [0.25, 0.3) is 0 Å². The smallest absolute Gasteiger partial charge is 0.123 e. The molecule has 24 heavy (non-hydrogen) atoms. The largest absolute Gasteiger partial charge is 0.497 e. The fourth-order valence-electron chi connectivity index (χ4n) is 2.48. The van der Waals surface area contributed by atoms with Crippen LogP contribution in [0.3, 0.4) is 0 Å². The maximum atomic E-state index is 13.1. The minimum Gasteiger partial charge on any atom is -0.497 e. The summed E-state index contributed by atoms with van der Waals surface area (Å²) >= 11 is 0. The standard InChI is InChI=1S/C19H25FN2O2/c1-23-18-6-7-19(24-2)16(13-18)8-9-21-10-11-22-14-15-4-3-5-17(20)12-15/h3-7,12-13,21-22H,8-11,14H2,1-2H3. The van der Waals surface area contributed by atoms with Gasteiger partial charge in [0.15, 0.2) is 0 Å². The van der Waals surface area contributed by atoms with E-state index in [1.165, 1.54) is 6.07 Å². The van der Waals surface area contributed by atoms with Crippen LogP contribution in [0.15, 0.2) is 42.5 Å². The van der Waals surface area contributed by atoms with E-state index >= 15 is 0 Å². The number of hydrogen-bond donors (Lipinski definition) is 2. The fraction of sp³-hybridized carbons (Fsp3) is 0.368. The molecule has 0 saturated carbocycles. The summed E-state index contributed by atoms with van der Waals surface area (Å²) in [6.07, 6.45) is 0.865. The maximum Gasteiger partial charge on any atom is 0.123 e. The van der Waals surface area contributed by atoms with Crippen molar-refractivity contribution in [1.82, 2.24) is 10.6 Å². The summed E-state index contributed by atoms with van der Waals surface area (Å²) in [6.45, 7) is 3.20. The molecule has 0 aliphatic rings. The average Bonchev–Trinajstić information content (AvgIpc) is 2.60. The highest BCUT2D eigenvalue weighted by Gasteiger charge is 2.04. The molecule has 0 aliphatic heterocycles. The average molecular weight is 332 g/mol. The predicted molar refractivity (Wildman–Crippen MR) is 94.2 cm³/mol. The lowest BCUT2D eigenvalue weighted by atomic mass is 10.1. The predicted octanol–water partition coefficient (Wildman–Crippen LogP) is 2.76. The van der Waals surface area contributed by atoms with Crippen LogP contribution in [-0.2, 0) is 13.0 Å². The minimum atomic E-state index is -0.195. The van der Waals surface area contributed by atoms with Gasteiger partial charge in [-0.1, -0.05) is 12.1 Å². The second-order valence-corrected chi connectivity index (χ2v) is 5.48. The lowest BCUT2D eigenvalue weighted by molar-refractivity contribution is 0.398. The summed E-state index contributed by atoms with van der Waals surface area (Å²) in [6, 6.07) is 12.5. The molecule has 2 aromatic rings. The number of ether oxygens (including phenoxy) is 2. The molecular weight excluding hydrogens is 307 g/mol. The summed E-state index contributed by atoms with van der Waals surface area (Å²) < 4.78 is 23.7. The van der Waals surface area contributed by atoms with Gasteiger partial charge in [-0.3, -0.25) is 0 Å². The first-order valence-corrected chi connectivity index (χ1v) is 8.09. The number of hydrogen-bond acceptors (Lipinski definition) is 4. The van der Waals surface area contributed by atoms with Crippen LogP contribution < -0.4 is 20.1 Å². The van der Waals surface area contributed by atoms with E-state index in [4.69, 9.17) is 9.47 Å². The molecular formula is C19H25FN2O2. The van der Waals surface area contributed by atoms with Crippen LogP contribution in [0.25, 0.3) is 0 Å². The van der Waals surface area contributed by atoms with Crippen LogP contribution in [0, 0.1) is 5.82 Å². The molecule has 0 aliphatic carbocycles. The van der Waals surface area contributed by atoms with Crippen molar-refractivity contribution >= 4 is 0 Å². The Morgan fingerprint density at radius 1 is 0.917 bits per heavy atom. The highest BCUT2D eigenvalue weighted by molar-refractivity contribution is 5.40. The number of benzene rings is 2. The second-order valence-electron chi connectivity index (χ2n) is 5.48. The number of methoxy groups -OCH3 is 2. The molecule has 0 amide bonds. The van der Waals surface area contributed by atoms with Gasteiger partial charge in [-0.25, -0.2) is 4.39 Å². The zero-order chi connectivity index (χ0) is 17.2. The van der Waals surface area contributed by atoms with Crippen molar-refractivity contribution in [2.24, 2.45) is 0 Å². The first-order chi connectivity index (χ1) is 11.7. The summed E-state index contributed by atoms with van der Waals surface area (Å²) in [5, 5.41) is 6.68. The van der Waals surface area contributed by atoms with E-state index in [0.29, 0.717) is 6.54 Å². The molecule has 0 radical (unpaired) electrons. The molecule has 2 aromatic carbocycles. The van der Waals surface area contributed by atoms with Gasteiger partial charge in [-0.2, -0.15) is 0 Å². The van der Waals surface area contributed by atoms with Gasteiger partial charge in [-0.15, -0.1) is 0 Å². The van der Waals surface area contributed by atoms with Crippen LogP contribution in [0.5, 0.6) is 11.5 Å². The summed E-state index contributed by atoms with van der Waals surface area (Å²) in [4.78, 5) is 0. The van der Waals surface area contributed by atoms with E-state index < -0.39 is 0 Å². The van der Waals surface area contributed by atoms with Gasteiger partial charge >= 0.3 is 0 Å². The van der Waals surface area contributed by atoms with Crippen LogP contribution in [0.2, 0.25) is 0 Å². The van der Waals surface area contributed by atoms with Crippen molar-refractivity contribution in [2.75, 3.05) is 33.9 Å². The molecule has 0 bridgehead atoms. The van der Waals surface area contributed by atoms with Gasteiger partial charge in [0.2, 0.25) is 0 Å². The first kappa shape index (κ1) is 18.2. The molecule has 0 unspecified atom stereocenters. The van der Waals surface area contributed by atoms with Crippen molar-refractivity contribution in [3.05, 3.63) is 59.4 Å². The van der Waals surface area contributed by atoms with Crippen LogP contribution in [0.1, 0.15) is 11.1 Å². The molecule has 0 atom stereocenters. The number of rotatable bonds is 10. The third kappa shape index (κ3) is 5.83. The van der Waals surface area contributed by atoms with Crippen LogP contribution in [0.4, 0.5) is 4.39 Å². The molecule has 0 fully saturated rings. The van der Waals surface area contributed by atoms with E-state index in [9.17, 15) is 4.39 Å². The third-order valence-corrected chi connectivity index (χ3v) is 3.76. The van der Waals surface area contributed by atoms with Gasteiger partial charge in [0.05, 0.1) is 14.2 Å². The summed E-state index contributed by atoms with van der Waals surface area (Å²) in [5.41, 5.74) is 2.08.